The summed E-state index contributed by atoms with van der Waals surface area (Å²) >= 11 is 0. The smallest absolute Gasteiger partial charge is 0.462 e. The van der Waals surface area contributed by atoms with Gasteiger partial charge in [0.15, 0.2) is 12.2 Å². The number of rotatable bonds is 67. The minimum atomic E-state index is -4.95. The fourth-order valence-corrected chi connectivity index (χ4v) is 11.7. The highest BCUT2D eigenvalue weighted by Crippen LogP contribution is 2.45. The van der Waals surface area contributed by atoms with Gasteiger partial charge in [0.05, 0.1) is 26.4 Å². The molecule has 0 saturated carbocycles. The molecule has 19 heteroatoms. The van der Waals surface area contributed by atoms with E-state index in [1.807, 2.05) is 0 Å². The summed E-state index contributed by atoms with van der Waals surface area (Å²) in [4.78, 5) is 72.0. The Morgan fingerprint density at radius 2 is 0.535 bits per heavy atom. The van der Waals surface area contributed by atoms with Crippen molar-refractivity contribution in [2.45, 2.75) is 361 Å². The lowest BCUT2D eigenvalue weighted by atomic mass is 10.0. The van der Waals surface area contributed by atoms with Crippen LogP contribution in [0.25, 0.3) is 0 Å². The molecule has 0 aromatic carbocycles. The van der Waals surface area contributed by atoms with E-state index in [0.717, 1.165) is 109 Å². The first-order valence-corrected chi connectivity index (χ1v) is 38.1. The lowest BCUT2D eigenvalue weighted by Gasteiger charge is -2.21. The van der Waals surface area contributed by atoms with Crippen LogP contribution in [0.5, 0.6) is 0 Å². The molecule has 0 amide bonds. The van der Waals surface area contributed by atoms with E-state index in [4.69, 9.17) is 37.0 Å². The van der Waals surface area contributed by atoms with Crippen molar-refractivity contribution in [3.05, 3.63) is 0 Å². The third-order valence-electron chi connectivity index (χ3n) is 15.5. The van der Waals surface area contributed by atoms with Crippen molar-refractivity contribution in [1.82, 2.24) is 0 Å². The first-order valence-electron chi connectivity index (χ1n) is 35.1. The lowest BCUT2D eigenvalue weighted by molar-refractivity contribution is -0.161. The normalized spacial score (nSPS) is 14.2. The summed E-state index contributed by atoms with van der Waals surface area (Å²) in [6, 6.07) is 0. The number of carbonyl (C=O) groups excluding carboxylic acids is 4. The van der Waals surface area contributed by atoms with E-state index in [1.54, 1.807) is 0 Å². The van der Waals surface area contributed by atoms with Gasteiger partial charge in [0.1, 0.15) is 19.3 Å². The SMILES string of the molecule is CCCCCCCCCCCCCCCCCCCCCCCC(=O)O[C@H](COC(=O)CCCCCCCCCCCC(C)C)COP(=O)(O)OC[C@@H](O)COP(=O)(O)OC[C@@H](COC(=O)CCCCCCC)OC(=O)CCCCCCCCCC. The summed E-state index contributed by atoms with van der Waals surface area (Å²) in [5.41, 5.74) is 0. The molecule has 17 nitrogen and oxygen atoms in total. The molecule has 0 aromatic heterocycles. The van der Waals surface area contributed by atoms with E-state index in [-0.39, 0.29) is 25.7 Å². The molecule has 0 fully saturated rings. The average molecular weight is 1270 g/mol. The van der Waals surface area contributed by atoms with Gasteiger partial charge in [-0.15, -0.1) is 0 Å². The van der Waals surface area contributed by atoms with Crippen LogP contribution in [0.4, 0.5) is 0 Å². The molecule has 0 aliphatic rings. The Bertz CT molecular complexity index is 1670. The first-order chi connectivity index (χ1) is 41.5. The predicted octanol–water partition coefficient (Wildman–Crippen LogP) is 19.0. The molecule has 0 bridgehead atoms. The highest BCUT2D eigenvalue weighted by molar-refractivity contribution is 7.47. The van der Waals surface area contributed by atoms with Gasteiger partial charge in [0.2, 0.25) is 0 Å². The summed E-state index contributed by atoms with van der Waals surface area (Å²) in [6.45, 7) is 7.08. The number of hydrogen-bond acceptors (Lipinski definition) is 15. The molecule has 0 spiro atoms. The van der Waals surface area contributed by atoms with Gasteiger partial charge < -0.3 is 33.8 Å². The standard InChI is InChI=1S/C67H130O17P2/c1-6-9-12-15-17-19-20-21-22-23-24-25-26-27-28-29-30-33-38-43-48-53-67(72)84-63(57-78-65(70)51-46-41-37-34-31-32-35-40-44-49-60(4)5)59-82-86(75,76)80-55-61(68)54-79-85(73,74)81-58-62(56-77-64(69)50-45-39-14-11-8-3)83-66(71)52-47-42-36-18-16-13-10-7-2/h60-63,68H,6-59H2,1-5H3,(H,73,74)(H,75,76)/t61-,62+,63+/m0/s1. The van der Waals surface area contributed by atoms with E-state index in [9.17, 15) is 43.2 Å². The highest BCUT2D eigenvalue weighted by atomic mass is 31.2. The molecule has 0 aliphatic heterocycles. The minimum absolute atomic E-state index is 0.104. The number of ether oxygens (including phenoxy) is 4. The highest BCUT2D eigenvalue weighted by Gasteiger charge is 2.30. The van der Waals surface area contributed by atoms with Gasteiger partial charge in [-0.3, -0.25) is 37.3 Å². The summed E-state index contributed by atoms with van der Waals surface area (Å²) in [5.74, 6) is -1.40. The van der Waals surface area contributed by atoms with Gasteiger partial charge in [-0.2, -0.15) is 0 Å². The van der Waals surface area contributed by atoms with Gasteiger partial charge in [0.25, 0.3) is 0 Å². The molecule has 0 aromatic rings. The molecule has 86 heavy (non-hydrogen) atoms. The molecular formula is C67H130O17P2. The fourth-order valence-electron chi connectivity index (χ4n) is 10.1. The fraction of sp³-hybridized carbons (Fsp3) is 0.940. The molecule has 0 saturated heterocycles. The number of phosphoric ester groups is 2. The van der Waals surface area contributed by atoms with Crippen molar-refractivity contribution in [2.24, 2.45) is 5.92 Å². The number of aliphatic hydroxyl groups excluding tert-OH is 1. The molecule has 0 rings (SSSR count). The molecular weight excluding hydrogens is 1140 g/mol. The van der Waals surface area contributed by atoms with Crippen LogP contribution in [0.3, 0.4) is 0 Å². The third-order valence-corrected chi connectivity index (χ3v) is 17.4. The maximum Gasteiger partial charge on any atom is 0.472 e. The van der Waals surface area contributed by atoms with Gasteiger partial charge in [0, 0.05) is 25.7 Å². The monoisotopic (exact) mass is 1270 g/mol. The van der Waals surface area contributed by atoms with Crippen LogP contribution >= 0.6 is 15.6 Å². The zero-order chi connectivity index (χ0) is 63.5. The van der Waals surface area contributed by atoms with E-state index in [0.29, 0.717) is 25.7 Å². The molecule has 0 radical (unpaired) electrons. The number of hydrogen-bond donors (Lipinski definition) is 3. The molecule has 3 N–H and O–H groups in total. The van der Waals surface area contributed by atoms with Crippen LogP contribution in [0.15, 0.2) is 0 Å². The van der Waals surface area contributed by atoms with Crippen LogP contribution in [-0.4, -0.2) is 96.7 Å². The molecule has 5 atom stereocenters. The zero-order valence-corrected chi connectivity index (χ0v) is 57.2. The maximum absolute atomic E-state index is 13.0. The van der Waals surface area contributed by atoms with Crippen molar-refractivity contribution >= 4 is 39.5 Å². The second-order valence-corrected chi connectivity index (χ2v) is 27.6. The third kappa shape index (κ3) is 60.9. The van der Waals surface area contributed by atoms with Crippen LogP contribution in [0, 0.1) is 5.92 Å². The molecule has 2 unspecified atom stereocenters. The van der Waals surface area contributed by atoms with Crippen molar-refractivity contribution < 1.29 is 80.2 Å². The van der Waals surface area contributed by atoms with Gasteiger partial charge >= 0.3 is 39.5 Å². The number of unbranched alkanes of at least 4 members (excludes halogenated alkanes) is 39. The van der Waals surface area contributed by atoms with E-state index < -0.39 is 97.5 Å². The van der Waals surface area contributed by atoms with Crippen LogP contribution in [-0.2, 0) is 65.4 Å². The number of aliphatic hydroxyl groups is 1. The van der Waals surface area contributed by atoms with Gasteiger partial charge in [-0.05, 0) is 31.6 Å². The van der Waals surface area contributed by atoms with Crippen molar-refractivity contribution in [1.29, 1.82) is 0 Å². The second-order valence-electron chi connectivity index (χ2n) is 24.7. The molecule has 0 aliphatic carbocycles. The number of esters is 4. The first kappa shape index (κ1) is 84.1. The molecule has 0 heterocycles. The Hall–Kier alpha value is -1.94. The Morgan fingerprint density at radius 3 is 0.791 bits per heavy atom. The quantitative estimate of drug-likeness (QED) is 0.0222. The predicted molar refractivity (Wildman–Crippen MR) is 345 cm³/mol. The van der Waals surface area contributed by atoms with E-state index in [2.05, 4.69) is 34.6 Å². The number of phosphoric acid groups is 2. The minimum Gasteiger partial charge on any atom is -0.462 e. The summed E-state index contributed by atoms with van der Waals surface area (Å²) < 4.78 is 67.8. The van der Waals surface area contributed by atoms with Crippen molar-refractivity contribution in [3.63, 3.8) is 0 Å². The summed E-state index contributed by atoms with van der Waals surface area (Å²) in [7, 11) is -9.88. The van der Waals surface area contributed by atoms with Crippen molar-refractivity contribution in [2.75, 3.05) is 39.6 Å². The summed E-state index contributed by atoms with van der Waals surface area (Å²) in [6.07, 6.45) is 46.5. The lowest BCUT2D eigenvalue weighted by Crippen LogP contribution is -2.30. The zero-order valence-electron chi connectivity index (χ0n) is 55.4. The topological polar surface area (TPSA) is 237 Å². The van der Waals surface area contributed by atoms with E-state index >= 15 is 0 Å². The van der Waals surface area contributed by atoms with Crippen molar-refractivity contribution in [3.8, 4) is 0 Å². The average Bonchev–Trinajstić information content (AvgIpc) is 3.69. The Kier molecular flexibility index (Phi) is 59.2. The van der Waals surface area contributed by atoms with E-state index in [1.165, 1.54) is 154 Å². The second kappa shape index (κ2) is 60.6. The Morgan fingerprint density at radius 1 is 0.314 bits per heavy atom. The maximum atomic E-state index is 13.0. The molecule has 510 valence electrons. The van der Waals surface area contributed by atoms with Gasteiger partial charge in [-0.25, -0.2) is 9.13 Å². The van der Waals surface area contributed by atoms with Crippen LogP contribution < -0.4 is 0 Å². The van der Waals surface area contributed by atoms with Crippen LogP contribution in [0.1, 0.15) is 343 Å². The Balaban J connectivity index is 5.08. The number of carbonyl (C=O) groups is 4. The van der Waals surface area contributed by atoms with Crippen LogP contribution in [0.2, 0.25) is 0 Å². The largest absolute Gasteiger partial charge is 0.472 e. The van der Waals surface area contributed by atoms with Gasteiger partial charge in [-0.1, -0.05) is 291 Å². The Labute approximate surface area is 524 Å². The summed E-state index contributed by atoms with van der Waals surface area (Å²) in [5, 5.41) is 10.5.